The van der Waals surface area contributed by atoms with Crippen molar-refractivity contribution in [2.75, 3.05) is 13.1 Å². The van der Waals surface area contributed by atoms with Crippen LogP contribution in [0, 0.1) is 6.92 Å². The molecule has 0 bridgehead atoms. The van der Waals surface area contributed by atoms with Crippen molar-refractivity contribution in [3.63, 3.8) is 0 Å². The number of pyridine rings is 1. The second-order valence-corrected chi connectivity index (χ2v) is 8.22. The number of nitrogens with zero attached hydrogens (tertiary/aromatic N) is 5. The van der Waals surface area contributed by atoms with E-state index < -0.39 is 11.7 Å². The van der Waals surface area contributed by atoms with Crippen molar-refractivity contribution in [2.24, 2.45) is 0 Å². The average molecular weight is 425 g/mol. The van der Waals surface area contributed by atoms with E-state index >= 15 is 0 Å². The molecule has 0 unspecified atom stereocenters. The van der Waals surface area contributed by atoms with E-state index in [9.17, 15) is 9.59 Å². The van der Waals surface area contributed by atoms with Crippen LogP contribution in [0.4, 0.5) is 4.79 Å². The molecular formula is C22H28N6O3. The summed E-state index contributed by atoms with van der Waals surface area (Å²) in [4.78, 5) is 35.3. The van der Waals surface area contributed by atoms with Crippen molar-refractivity contribution in [3.8, 4) is 0 Å². The summed E-state index contributed by atoms with van der Waals surface area (Å²) in [5.41, 5.74) is 1.91. The number of hydrogen-bond acceptors (Lipinski definition) is 6. The van der Waals surface area contributed by atoms with E-state index in [1.54, 1.807) is 47.2 Å². The summed E-state index contributed by atoms with van der Waals surface area (Å²) in [6.07, 6.45) is 6.96. The second kappa shape index (κ2) is 9.55. The zero-order chi connectivity index (χ0) is 22.4. The van der Waals surface area contributed by atoms with Gasteiger partial charge in [-0.25, -0.2) is 14.3 Å². The number of ether oxygens (including phenoxy) is 1. The molecule has 2 amide bonds. The Morgan fingerprint density at radius 3 is 2.74 bits per heavy atom. The Hall–Kier alpha value is -3.49. The van der Waals surface area contributed by atoms with Crippen LogP contribution in [-0.4, -0.2) is 55.2 Å². The van der Waals surface area contributed by atoms with Crippen LogP contribution >= 0.6 is 0 Å². The summed E-state index contributed by atoms with van der Waals surface area (Å²) >= 11 is 0. The maximum absolute atomic E-state index is 12.7. The Morgan fingerprint density at radius 2 is 2.03 bits per heavy atom. The van der Waals surface area contributed by atoms with E-state index in [0.717, 1.165) is 5.56 Å². The average Bonchev–Trinajstić information content (AvgIpc) is 3.05. The largest absolute Gasteiger partial charge is 0.444 e. The van der Waals surface area contributed by atoms with E-state index in [1.165, 1.54) is 0 Å². The van der Waals surface area contributed by atoms with Crippen molar-refractivity contribution < 1.29 is 14.3 Å². The SMILES string of the molecule is Cc1nn2cccnc2c1C(=O)NCCCN(Cc1cccnc1)C(=O)OC(C)(C)C. The van der Waals surface area contributed by atoms with Crippen LogP contribution in [0.1, 0.15) is 48.8 Å². The van der Waals surface area contributed by atoms with Crippen LogP contribution in [0.15, 0.2) is 43.0 Å². The number of hydrogen-bond donors (Lipinski definition) is 1. The van der Waals surface area contributed by atoms with Crippen molar-refractivity contribution in [1.82, 2.24) is 29.8 Å². The number of aryl methyl sites for hydroxylation is 1. The van der Waals surface area contributed by atoms with Gasteiger partial charge in [-0.2, -0.15) is 5.10 Å². The highest BCUT2D eigenvalue weighted by Crippen LogP contribution is 2.14. The minimum Gasteiger partial charge on any atom is -0.444 e. The van der Waals surface area contributed by atoms with E-state index in [2.05, 4.69) is 20.4 Å². The molecule has 3 aromatic rings. The summed E-state index contributed by atoms with van der Waals surface area (Å²) in [5, 5.41) is 7.21. The summed E-state index contributed by atoms with van der Waals surface area (Å²) in [7, 11) is 0. The molecule has 0 saturated carbocycles. The molecule has 0 fully saturated rings. The molecule has 1 N–H and O–H groups in total. The molecule has 0 aromatic carbocycles. The molecule has 9 nitrogen and oxygen atoms in total. The molecule has 0 aliphatic rings. The quantitative estimate of drug-likeness (QED) is 0.585. The molecule has 0 atom stereocenters. The molecule has 3 heterocycles. The Labute approximate surface area is 181 Å². The highest BCUT2D eigenvalue weighted by Gasteiger charge is 2.22. The van der Waals surface area contributed by atoms with Gasteiger partial charge in [-0.15, -0.1) is 0 Å². The van der Waals surface area contributed by atoms with Crippen LogP contribution in [0.25, 0.3) is 5.65 Å². The molecule has 0 spiro atoms. The number of amides is 2. The molecular weight excluding hydrogens is 396 g/mol. The molecule has 0 aliphatic heterocycles. The predicted molar refractivity (Wildman–Crippen MR) is 116 cm³/mol. The third-order valence-corrected chi connectivity index (χ3v) is 4.44. The molecule has 164 valence electrons. The monoisotopic (exact) mass is 424 g/mol. The van der Waals surface area contributed by atoms with Crippen molar-refractivity contribution in [2.45, 2.75) is 46.3 Å². The third-order valence-electron chi connectivity index (χ3n) is 4.44. The smallest absolute Gasteiger partial charge is 0.410 e. The van der Waals surface area contributed by atoms with E-state index in [0.29, 0.717) is 43.0 Å². The number of rotatable bonds is 7. The first-order valence-corrected chi connectivity index (χ1v) is 10.2. The number of carbonyl (C=O) groups excluding carboxylic acids is 2. The van der Waals surface area contributed by atoms with Crippen LogP contribution in [0.3, 0.4) is 0 Å². The molecule has 0 aliphatic carbocycles. The standard InChI is InChI=1S/C22H28N6O3/c1-16-18(19-24-10-7-13-28(19)26-16)20(29)25-11-6-12-27(21(30)31-22(2,3)4)15-17-8-5-9-23-14-17/h5,7-10,13-14H,6,11-12,15H2,1-4H3,(H,25,29). The maximum Gasteiger partial charge on any atom is 0.410 e. The highest BCUT2D eigenvalue weighted by molar-refractivity contribution is 6.00. The number of carbonyl (C=O) groups is 2. The Bertz CT molecular complexity index is 1040. The molecule has 0 radical (unpaired) electrons. The number of fused-ring (bicyclic) bond motifs is 1. The minimum absolute atomic E-state index is 0.234. The molecule has 3 rings (SSSR count). The highest BCUT2D eigenvalue weighted by atomic mass is 16.6. The first-order chi connectivity index (χ1) is 14.7. The zero-order valence-electron chi connectivity index (χ0n) is 18.3. The molecule has 0 saturated heterocycles. The minimum atomic E-state index is -0.591. The Balaban J connectivity index is 1.60. The fourth-order valence-corrected chi connectivity index (χ4v) is 3.10. The second-order valence-electron chi connectivity index (χ2n) is 8.22. The lowest BCUT2D eigenvalue weighted by Crippen LogP contribution is -2.38. The van der Waals surface area contributed by atoms with E-state index in [4.69, 9.17) is 4.74 Å². The Kier molecular flexibility index (Phi) is 6.84. The van der Waals surface area contributed by atoms with Gasteiger partial charge in [0.15, 0.2) is 5.65 Å². The number of nitrogens with one attached hydrogen (secondary N) is 1. The Morgan fingerprint density at radius 1 is 1.23 bits per heavy atom. The molecule has 31 heavy (non-hydrogen) atoms. The van der Waals surface area contributed by atoms with Crippen LogP contribution in [-0.2, 0) is 11.3 Å². The van der Waals surface area contributed by atoms with Crippen LogP contribution in [0.5, 0.6) is 0 Å². The van der Waals surface area contributed by atoms with Crippen LogP contribution in [0.2, 0.25) is 0 Å². The zero-order valence-corrected chi connectivity index (χ0v) is 18.3. The normalized spacial score (nSPS) is 11.4. The van der Waals surface area contributed by atoms with Gasteiger partial charge in [-0.1, -0.05) is 6.07 Å². The van der Waals surface area contributed by atoms with Gasteiger partial charge in [0.05, 0.1) is 12.2 Å². The first-order valence-electron chi connectivity index (χ1n) is 10.2. The summed E-state index contributed by atoms with van der Waals surface area (Å²) in [6.45, 7) is 8.49. The maximum atomic E-state index is 12.7. The third kappa shape index (κ3) is 6.00. The van der Waals surface area contributed by atoms with Crippen molar-refractivity contribution in [1.29, 1.82) is 0 Å². The fraction of sp³-hybridized carbons (Fsp3) is 0.409. The van der Waals surface area contributed by atoms with Gasteiger partial charge in [0.25, 0.3) is 5.91 Å². The van der Waals surface area contributed by atoms with Crippen molar-refractivity contribution in [3.05, 3.63) is 59.8 Å². The van der Waals surface area contributed by atoms with Gasteiger partial charge in [-0.05, 0) is 51.8 Å². The first kappa shape index (κ1) is 22.2. The van der Waals surface area contributed by atoms with E-state index in [-0.39, 0.29) is 5.91 Å². The summed E-state index contributed by atoms with van der Waals surface area (Å²) in [5.74, 6) is -0.234. The lowest BCUT2D eigenvalue weighted by atomic mass is 10.2. The van der Waals surface area contributed by atoms with E-state index in [1.807, 2.05) is 32.9 Å². The summed E-state index contributed by atoms with van der Waals surface area (Å²) in [6, 6.07) is 5.50. The lowest BCUT2D eigenvalue weighted by molar-refractivity contribution is 0.0232. The number of aromatic nitrogens is 4. The fourth-order valence-electron chi connectivity index (χ4n) is 3.10. The van der Waals surface area contributed by atoms with Crippen molar-refractivity contribution >= 4 is 17.6 Å². The van der Waals surface area contributed by atoms with Gasteiger partial charge < -0.3 is 15.0 Å². The van der Waals surface area contributed by atoms with Gasteiger partial charge >= 0.3 is 6.09 Å². The van der Waals surface area contributed by atoms with Gasteiger partial charge in [-0.3, -0.25) is 9.78 Å². The summed E-state index contributed by atoms with van der Waals surface area (Å²) < 4.78 is 7.12. The molecule has 3 aromatic heterocycles. The van der Waals surface area contributed by atoms with Gasteiger partial charge in [0.1, 0.15) is 11.2 Å². The lowest BCUT2D eigenvalue weighted by Gasteiger charge is -2.27. The predicted octanol–water partition coefficient (Wildman–Crippen LogP) is 2.99. The molecule has 9 heteroatoms. The van der Waals surface area contributed by atoms with Gasteiger partial charge in [0.2, 0.25) is 0 Å². The van der Waals surface area contributed by atoms with Gasteiger partial charge in [0, 0.05) is 37.9 Å². The topological polar surface area (TPSA) is 102 Å². The van der Waals surface area contributed by atoms with Crippen LogP contribution < -0.4 is 5.32 Å².